The first kappa shape index (κ1) is 22.4. The molecule has 1 aliphatic heterocycles. The first-order chi connectivity index (χ1) is 13.4. The first-order valence-corrected chi connectivity index (χ1v) is 9.98. The smallest absolute Gasteiger partial charge is 0.191 e. The van der Waals surface area contributed by atoms with Gasteiger partial charge < -0.3 is 19.9 Å². The molecule has 1 aromatic heterocycles. The molecular formula is C20H31IN6O. The molecule has 1 aromatic carbocycles. The molecule has 0 amide bonds. The molecule has 0 aliphatic carbocycles. The van der Waals surface area contributed by atoms with Crippen molar-refractivity contribution in [3.63, 3.8) is 0 Å². The van der Waals surface area contributed by atoms with E-state index in [9.17, 15) is 0 Å². The third kappa shape index (κ3) is 6.96. The van der Waals surface area contributed by atoms with E-state index in [-0.39, 0.29) is 24.0 Å². The van der Waals surface area contributed by atoms with Gasteiger partial charge in [-0.3, -0.25) is 4.99 Å². The Labute approximate surface area is 184 Å². The topological polar surface area (TPSA) is 76.4 Å². The van der Waals surface area contributed by atoms with Crippen molar-refractivity contribution in [2.45, 2.75) is 45.6 Å². The molecule has 8 heteroatoms. The fraction of sp³-hybridized carbons (Fsp3) is 0.550. The summed E-state index contributed by atoms with van der Waals surface area (Å²) < 4.78 is 7.99. The van der Waals surface area contributed by atoms with Crippen LogP contribution >= 0.6 is 24.0 Å². The molecular weight excluding hydrogens is 467 g/mol. The average Bonchev–Trinajstić information content (AvgIpc) is 2.92. The predicted octanol–water partition coefficient (Wildman–Crippen LogP) is 2.80. The Balaban J connectivity index is 0.00000280. The maximum Gasteiger partial charge on any atom is 0.191 e. The van der Waals surface area contributed by atoms with Crippen LogP contribution in [0.25, 0.3) is 0 Å². The molecule has 2 aromatic rings. The van der Waals surface area contributed by atoms with Crippen LogP contribution in [0.1, 0.15) is 37.8 Å². The van der Waals surface area contributed by atoms with Crippen LogP contribution in [0.3, 0.4) is 0 Å². The quantitative estimate of drug-likeness (QED) is 0.254. The van der Waals surface area contributed by atoms with E-state index in [4.69, 9.17) is 4.74 Å². The van der Waals surface area contributed by atoms with Gasteiger partial charge in [-0.05, 0) is 31.9 Å². The van der Waals surface area contributed by atoms with Crippen LogP contribution in [0.2, 0.25) is 0 Å². The van der Waals surface area contributed by atoms with Crippen LogP contribution in [-0.2, 0) is 19.4 Å². The summed E-state index contributed by atoms with van der Waals surface area (Å²) in [4.78, 5) is 4.66. The minimum atomic E-state index is 0. The second-order valence-corrected chi connectivity index (χ2v) is 6.59. The van der Waals surface area contributed by atoms with E-state index in [2.05, 4.69) is 37.3 Å². The van der Waals surface area contributed by atoms with Crippen LogP contribution in [0, 0.1) is 0 Å². The fourth-order valence-corrected chi connectivity index (χ4v) is 3.19. The number of halogens is 1. The van der Waals surface area contributed by atoms with Gasteiger partial charge >= 0.3 is 0 Å². The SMILES string of the molecule is CCNC(=NCCc1nnc2n1CCCCC2)NCCOc1ccccc1.I. The normalized spacial score (nSPS) is 13.8. The van der Waals surface area contributed by atoms with E-state index in [1.807, 2.05) is 30.3 Å². The van der Waals surface area contributed by atoms with E-state index in [1.54, 1.807) is 0 Å². The summed E-state index contributed by atoms with van der Waals surface area (Å²) in [5, 5.41) is 15.3. The number of aromatic nitrogens is 3. The minimum Gasteiger partial charge on any atom is -0.492 e. The summed E-state index contributed by atoms with van der Waals surface area (Å²) in [6, 6.07) is 9.84. The standard InChI is InChI=1S/C20H30N6O.HI/c1-2-21-20(23-14-16-27-17-9-5-3-6-10-17)22-13-12-19-25-24-18-11-7-4-8-15-26(18)19;/h3,5-6,9-10H,2,4,7-8,11-16H2,1H3,(H2,21,22,23);1H. The number of fused-ring (bicyclic) bond motifs is 1. The van der Waals surface area contributed by atoms with Crippen molar-refractivity contribution in [3.05, 3.63) is 42.0 Å². The number of benzene rings is 1. The molecule has 2 N–H and O–H groups in total. The lowest BCUT2D eigenvalue weighted by Crippen LogP contribution is -2.39. The van der Waals surface area contributed by atoms with Crippen molar-refractivity contribution in [3.8, 4) is 5.75 Å². The highest BCUT2D eigenvalue weighted by Crippen LogP contribution is 2.14. The highest BCUT2D eigenvalue weighted by atomic mass is 127. The molecule has 0 saturated carbocycles. The molecule has 28 heavy (non-hydrogen) atoms. The molecule has 2 heterocycles. The Bertz CT molecular complexity index is 719. The maximum atomic E-state index is 5.71. The number of para-hydroxylation sites is 1. The van der Waals surface area contributed by atoms with Crippen LogP contribution < -0.4 is 15.4 Å². The van der Waals surface area contributed by atoms with Crippen molar-refractivity contribution >= 4 is 29.9 Å². The summed E-state index contributed by atoms with van der Waals surface area (Å²) in [5.41, 5.74) is 0. The Kier molecular flexibility index (Phi) is 10.1. The molecule has 7 nitrogen and oxygen atoms in total. The molecule has 0 atom stereocenters. The van der Waals surface area contributed by atoms with E-state index in [1.165, 1.54) is 19.3 Å². The largest absolute Gasteiger partial charge is 0.492 e. The van der Waals surface area contributed by atoms with Gasteiger partial charge in [0.2, 0.25) is 0 Å². The van der Waals surface area contributed by atoms with Gasteiger partial charge in [0.1, 0.15) is 24.0 Å². The molecule has 0 fully saturated rings. The van der Waals surface area contributed by atoms with Gasteiger partial charge in [-0.2, -0.15) is 0 Å². The number of aryl methyl sites for hydroxylation is 1. The summed E-state index contributed by atoms with van der Waals surface area (Å²) in [7, 11) is 0. The zero-order valence-corrected chi connectivity index (χ0v) is 18.9. The van der Waals surface area contributed by atoms with Crippen LogP contribution in [-0.4, -0.2) is 47.0 Å². The lowest BCUT2D eigenvalue weighted by atomic mass is 10.2. The van der Waals surface area contributed by atoms with Gasteiger partial charge in [-0.1, -0.05) is 24.6 Å². The Morgan fingerprint density at radius 1 is 1.14 bits per heavy atom. The van der Waals surface area contributed by atoms with Crippen LogP contribution in [0.15, 0.2) is 35.3 Å². The molecule has 3 rings (SSSR count). The zero-order chi connectivity index (χ0) is 18.7. The third-order valence-electron chi connectivity index (χ3n) is 4.54. The zero-order valence-electron chi connectivity index (χ0n) is 16.6. The van der Waals surface area contributed by atoms with Gasteiger partial charge in [0.15, 0.2) is 5.96 Å². The summed E-state index contributed by atoms with van der Waals surface area (Å²) in [6.07, 6.45) is 5.56. The second kappa shape index (κ2) is 12.6. The van der Waals surface area contributed by atoms with Crippen molar-refractivity contribution in [1.82, 2.24) is 25.4 Å². The van der Waals surface area contributed by atoms with Crippen LogP contribution in [0.4, 0.5) is 0 Å². The van der Waals surface area contributed by atoms with E-state index in [0.717, 1.165) is 49.3 Å². The molecule has 0 saturated heterocycles. The van der Waals surface area contributed by atoms with Gasteiger partial charge in [-0.25, -0.2) is 0 Å². The van der Waals surface area contributed by atoms with E-state index >= 15 is 0 Å². The van der Waals surface area contributed by atoms with Crippen molar-refractivity contribution in [2.75, 3.05) is 26.2 Å². The Morgan fingerprint density at radius 2 is 2.00 bits per heavy atom. The Morgan fingerprint density at radius 3 is 2.82 bits per heavy atom. The number of rotatable bonds is 8. The number of aliphatic imine (C=N–C) groups is 1. The second-order valence-electron chi connectivity index (χ2n) is 6.59. The summed E-state index contributed by atoms with van der Waals surface area (Å²) >= 11 is 0. The van der Waals surface area contributed by atoms with Crippen LogP contribution in [0.5, 0.6) is 5.75 Å². The summed E-state index contributed by atoms with van der Waals surface area (Å²) in [6.45, 7) is 5.90. The number of hydrogen-bond acceptors (Lipinski definition) is 4. The van der Waals surface area contributed by atoms with Gasteiger partial charge in [0.05, 0.1) is 6.54 Å². The van der Waals surface area contributed by atoms with Crippen molar-refractivity contribution in [1.29, 1.82) is 0 Å². The van der Waals surface area contributed by atoms with E-state index in [0.29, 0.717) is 19.7 Å². The third-order valence-corrected chi connectivity index (χ3v) is 4.54. The highest BCUT2D eigenvalue weighted by Gasteiger charge is 2.14. The molecule has 0 unspecified atom stereocenters. The molecule has 0 spiro atoms. The number of nitrogens with one attached hydrogen (secondary N) is 2. The summed E-state index contributed by atoms with van der Waals surface area (Å²) in [5.74, 6) is 3.88. The molecule has 0 bridgehead atoms. The highest BCUT2D eigenvalue weighted by molar-refractivity contribution is 14.0. The Hall–Kier alpha value is -1.84. The first-order valence-electron chi connectivity index (χ1n) is 9.98. The molecule has 154 valence electrons. The molecule has 1 aliphatic rings. The van der Waals surface area contributed by atoms with Gasteiger partial charge in [0, 0.05) is 32.5 Å². The van der Waals surface area contributed by atoms with Crippen molar-refractivity contribution < 1.29 is 4.74 Å². The van der Waals surface area contributed by atoms with E-state index < -0.39 is 0 Å². The average molecular weight is 498 g/mol. The van der Waals surface area contributed by atoms with Gasteiger partial charge in [0.25, 0.3) is 0 Å². The lowest BCUT2D eigenvalue weighted by molar-refractivity contribution is 0.322. The van der Waals surface area contributed by atoms with Gasteiger partial charge in [-0.15, -0.1) is 34.2 Å². The van der Waals surface area contributed by atoms with Crippen molar-refractivity contribution in [2.24, 2.45) is 4.99 Å². The minimum absolute atomic E-state index is 0. The molecule has 0 radical (unpaired) electrons. The number of nitrogens with zero attached hydrogens (tertiary/aromatic N) is 4. The maximum absolute atomic E-state index is 5.71. The number of ether oxygens (including phenoxy) is 1. The fourth-order valence-electron chi connectivity index (χ4n) is 3.19. The number of hydrogen-bond donors (Lipinski definition) is 2. The predicted molar refractivity (Wildman–Crippen MR) is 123 cm³/mol. The monoisotopic (exact) mass is 498 g/mol. The number of guanidine groups is 1. The lowest BCUT2D eigenvalue weighted by Gasteiger charge is -2.12.